The topological polar surface area (TPSA) is 21.3 Å². The zero-order valence-electron chi connectivity index (χ0n) is 11.5. The molecular weight excluding hydrogens is 198 g/mol. The van der Waals surface area contributed by atoms with E-state index in [1.807, 2.05) is 0 Å². The van der Waals surface area contributed by atoms with Gasteiger partial charge in [0, 0.05) is 6.54 Å². The first-order valence-electron chi connectivity index (χ1n) is 6.82. The third-order valence-electron chi connectivity index (χ3n) is 3.38. The molecule has 1 aliphatic rings. The Morgan fingerprint density at radius 1 is 1.12 bits per heavy atom. The van der Waals surface area contributed by atoms with Gasteiger partial charge in [0.25, 0.3) is 0 Å². The molecule has 1 saturated carbocycles. The van der Waals surface area contributed by atoms with E-state index in [1.54, 1.807) is 0 Å². The second-order valence-electron chi connectivity index (χ2n) is 6.29. The number of hydrogen-bond donors (Lipinski definition) is 1. The lowest BCUT2D eigenvalue weighted by molar-refractivity contribution is -0.00114. The van der Waals surface area contributed by atoms with Gasteiger partial charge in [-0.25, -0.2) is 0 Å². The first kappa shape index (κ1) is 14.0. The molecule has 0 saturated heterocycles. The predicted octanol–water partition coefficient (Wildman–Crippen LogP) is 3.22. The van der Waals surface area contributed by atoms with Gasteiger partial charge in [-0.2, -0.15) is 0 Å². The monoisotopic (exact) mass is 227 g/mol. The van der Waals surface area contributed by atoms with E-state index in [-0.39, 0.29) is 5.60 Å². The smallest absolute Gasteiger partial charge is 0.0599 e. The number of ether oxygens (including phenoxy) is 1. The van der Waals surface area contributed by atoms with Gasteiger partial charge in [0.2, 0.25) is 0 Å². The van der Waals surface area contributed by atoms with Crippen molar-refractivity contribution in [3.63, 3.8) is 0 Å². The van der Waals surface area contributed by atoms with Crippen LogP contribution in [0.4, 0.5) is 0 Å². The minimum absolute atomic E-state index is 0.00194. The Morgan fingerprint density at radius 3 is 2.31 bits per heavy atom. The summed E-state index contributed by atoms with van der Waals surface area (Å²) in [4.78, 5) is 0. The molecule has 2 heteroatoms. The van der Waals surface area contributed by atoms with Gasteiger partial charge in [-0.1, -0.05) is 19.8 Å². The molecule has 0 aromatic rings. The van der Waals surface area contributed by atoms with Crippen molar-refractivity contribution in [1.82, 2.24) is 5.32 Å². The third-order valence-corrected chi connectivity index (χ3v) is 3.38. The van der Waals surface area contributed by atoms with Crippen LogP contribution in [-0.4, -0.2) is 25.3 Å². The highest BCUT2D eigenvalue weighted by atomic mass is 16.5. The minimum Gasteiger partial charge on any atom is -0.375 e. The van der Waals surface area contributed by atoms with Gasteiger partial charge in [-0.3, -0.25) is 0 Å². The van der Waals surface area contributed by atoms with Gasteiger partial charge >= 0.3 is 0 Å². The van der Waals surface area contributed by atoms with Crippen molar-refractivity contribution in [2.75, 3.05) is 19.7 Å². The van der Waals surface area contributed by atoms with Gasteiger partial charge in [0.1, 0.15) is 0 Å². The average molecular weight is 227 g/mol. The SMILES string of the molecule is CC1CCC(CNCCOC(C)(C)C)CC1. The van der Waals surface area contributed by atoms with Gasteiger partial charge < -0.3 is 10.1 Å². The highest BCUT2D eigenvalue weighted by Gasteiger charge is 2.17. The Labute approximate surface area is 101 Å². The molecule has 0 atom stereocenters. The molecule has 0 aromatic carbocycles. The summed E-state index contributed by atoms with van der Waals surface area (Å²) in [6.45, 7) is 11.7. The van der Waals surface area contributed by atoms with Gasteiger partial charge in [0.15, 0.2) is 0 Å². The molecule has 0 aromatic heterocycles. The molecule has 0 spiro atoms. The first-order chi connectivity index (χ1) is 7.47. The second kappa shape index (κ2) is 6.61. The van der Waals surface area contributed by atoms with E-state index in [0.29, 0.717) is 0 Å². The summed E-state index contributed by atoms with van der Waals surface area (Å²) in [7, 11) is 0. The van der Waals surface area contributed by atoms with Crippen molar-refractivity contribution in [2.45, 2.75) is 59.0 Å². The van der Waals surface area contributed by atoms with Crippen molar-refractivity contribution in [3.05, 3.63) is 0 Å². The summed E-state index contributed by atoms with van der Waals surface area (Å²) in [6, 6.07) is 0. The fourth-order valence-corrected chi connectivity index (χ4v) is 2.27. The van der Waals surface area contributed by atoms with E-state index in [0.717, 1.165) is 25.0 Å². The first-order valence-corrected chi connectivity index (χ1v) is 6.82. The maximum absolute atomic E-state index is 5.67. The summed E-state index contributed by atoms with van der Waals surface area (Å²) in [5, 5.41) is 3.52. The molecule has 0 amide bonds. The van der Waals surface area contributed by atoms with Crippen molar-refractivity contribution < 1.29 is 4.74 Å². The van der Waals surface area contributed by atoms with Crippen molar-refractivity contribution in [3.8, 4) is 0 Å². The molecule has 1 N–H and O–H groups in total. The molecule has 96 valence electrons. The Morgan fingerprint density at radius 2 is 1.75 bits per heavy atom. The Balaban J connectivity index is 1.95. The maximum Gasteiger partial charge on any atom is 0.0599 e. The third kappa shape index (κ3) is 6.49. The maximum atomic E-state index is 5.67. The Hall–Kier alpha value is -0.0800. The molecule has 0 aliphatic heterocycles. The number of nitrogens with one attached hydrogen (secondary N) is 1. The molecule has 16 heavy (non-hydrogen) atoms. The molecule has 1 rings (SSSR count). The second-order valence-corrected chi connectivity index (χ2v) is 6.29. The number of rotatable bonds is 5. The Kier molecular flexibility index (Phi) is 5.77. The fraction of sp³-hybridized carbons (Fsp3) is 1.00. The standard InChI is InChI=1S/C14H29NO/c1-12-5-7-13(8-6-12)11-15-9-10-16-14(2,3)4/h12-13,15H,5-11H2,1-4H3. The molecule has 0 bridgehead atoms. The minimum atomic E-state index is 0.00194. The van der Waals surface area contributed by atoms with Crippen LogP contribution in [0.2, 0.25) is 0 Å². The molecule has 2 nitrogen and oxygen atoms in total. The van der Waals surface area contributed by atoms with Crippen LogP contribution >= 0.6 is 0 Å². The molecule has 0 heterocycles. The predicted molar refractivity (Wildman–Crippen MR) is 69.7 cm³/mol. The van der Waals surface area contributed by atoms with E-state index in [1.165, 1.54) is 32.2 Å². The summed E-state index contributed by atoms with van der Waals surface area (Å²) in [5.41, 5.74) is 0.00194. The highest BCUT2D eigenvalue weighted by Crippen LogP contribution is 2.27. The van der Waals surface area contributed by atoms with E-state index in [4.69, 9.17) is 4.74 Å². The quantitative estimate of drug-likeness (QED) is 0.728. The molecular formula is C14H29NO. The molecule has 0 unspecified atom stereocenters. The van der Waals surface area contributed by atoms with Crippen LogP contribution < -0.4 is 5.32 Å². The zero-order chi connectivity index (χ0) is 12.0. The number of hydrogen-bond acceptors (Lipinski definition) is 2. The van der Waals surface area contributed by atoms with Crippen LogP contribution in [0.5, 0.6) is 0 Å². The van der Waals surface area contributed by atoms with Crippen molar-refractivity contribution in [1.29, 1.82) is 0 Å². The summed E-state index contributed by atoms with van der Waals surface area (Å²) in [6.07, 6.45) is 5.66. The molecule has 1 aliphatic carbocycles. The lowest BCUT2D eigenvalue weighted by Crippen LogP contribution is -2.31. The highest BCUT2D eigenvalue weighted by molar-refractivity contribution is 4.71. The van der Waals surface area contributed by atoms with Crippen molar-refractivity contribution in [2.24, 2.45) is 11.8 Å². The van der Waals surface area contributed by atoms with Crippen LogP contribution in [-0.2, 0) is 4.74 Å². The largest absolute Gasteiger partial charge is 0.375 e. The van der Waals surface area contributed by atoms with Crippen LogP contribution in [0.15, 0.2) is 0 Å². The normalized spacial score (nSPS) is 27.0. The Bertz CT molecular complexity index is 178. The van der Waals surface area contributed by atoms with E-state index < -0.39 is 0 Å². The fourth-order valence-electron chi connectivity index (χ4n) is 2.27. The summed E-state index contributed by atoms with van der Waals surface area (Å²) < 4.78 is 5.67. The molecule has 1 fully saturated rings. The lowest BCUT2D eigenvalue weighted by atomic mass is 9.83. The van der Waals surface area contributed by atoms with Crippen LogP contribution in [0, 0.1) is 11.8 Å². The summed E-state index contributed by atoms with van der Waals surface area (Å²) in [5.74, 6) is 1.87. The van der Waals surface area contributed by atoms with Crippen LogP contribution in [0.3, 0.4) is 0 Å². The van der Waals surface area contributed by atoms with Crippen LogP contribution in [0.25, 0.3) is 0 Å². The van der Waals surface area contributed by atoms with E-state index in [9.17, 15) is 0 Å². The van der Waals surface area contributed by atoms with Crippen molar-refractivity contribution >= 4 is 0 Å². The zero-order valence-corrected chi connectivity index (χ0v) is 11.5. The van der Waals surface area contributed by atoms with E-state index >= 15 is 0 Å². The lowest BCUT2D eigenvalue weighted by Gasteiger charge is -2.26. The molecule has 0 radical (unpaired) electrons. The van der Waals surface area contributed by atoms with Gasteiger partial charge in [0.05, 0.1) is 12.2 Å². The summed E-state index contributed by atoms with van der Waals surface area (Å²) >= 11 is 0. The van der Waals surface area contributed by atoms with Gasteiger partial charge in [-0.05, 0) is 52.0 Å². The van der Waals surface area contributed by atoms with E-state index in [2.05, 4.69) is 33.0 Å². The van der Waals surface area contributed by atoms with Crippen LogP contribution in [0.1, 0.15) is 53.4 Å². The van der Waals surface area contributed by atoms with Gasteiger partial charge in [-0.15, -0.1) is 0 Å². The average Bonchev–Trinajstić information content (AvgIpc) is 2.19.